The molecule has 0 saturated carbocycles. The van der Waals surface area contributed by atoms with Crippen molar-refractivity contribution < 1.29 is 19.0 Å². The third-order valence-electron chi connectivity index (χ3n) is 5.97. The normalized spacial score (nSPS) is 19.9. The largest absolute Gasteiger partial charge is 0.497 e. The molecule has 2 heterocycles. The molecule has 0 fully saturated rings. The molecule has 1 aliphatic carbocycles. The first-order valence-electron chi connectivity index (χ1n) is 10.1. The standard InChI is InChI=1S/C24H21N3O4/c1-29-16-8-6-15(7-9-16)27-18-3-2-4-19(28)23(18)22(17(12-25)24(27)26)14-5-10-20-21(11-14)31-13-30-20/h5-11,22H,2-4,13,26H2,1H3/t22-/m1/s1. The van der Waals surface area contributed by atoms with E-state index in [1.165, 1.54) is 0 Å². The maximum Gasteiger partial charge on any atom is 0.231 e. The molecule has 5 rings (SSSR count). The van der Waals surface area contributed by atoms with Crippen LogP contribution in [0.1, 0.15) is 30.7 Å². The summed E-state index contributed by atoms with van der Waals surface area (Å²) in [6, 6.07) is 15.2. The molecule has 2 aromatic carbocycles. The van der Waals surface area contributed by atoms with Crippen molar-refractivity contribution in [2.45, 2.75) is 25.2 Å². The number of nitrogens with zero attached hydrogens (tertiary/aromatic N) is 2. The first-order valence-corrected chi connectivity index (χ1v) is 10.1. The van der Waals surface area contributed by atoms with E-state index in [4.69, 9.17) is 19.9 Å². The number of ketones is 1. The van der Waals surface area contributed by atoms with Crippen molar-refractivity contribution in [1.29, 1.82) is 5.26 Å². The fourth-order valence-corrected chi connectivity index (χ4v) is 4.54. The van der Waals surface area contributed by atoms with E-state index in [0.717, 1.165) is 29.1 Å². The van der Waals surface area contributed by atoms with Gasteiger partial charge in [-0.3, -0.25) is 9.69 Å². The van der Waals surface area contributed by atoms with Gasteiger partial charge in [-0.25, -0.2) is 0 Å². The number of allylic oxidation sites excluding steroid dienone is 3. The van der Waals surface area contributed by atoms with Crippen LogP contribution in [0, 0.1) is 11.3 Å². The van der Waals surface area contributed by atoms with Gasteiger partial charge in [0.25, 0.3) is 0 Å². The number of Topliss-reactive ketones (excluding diaryl/α,β-unsaturated/α-hetero) is 1. The third-order valence-corrected chi connectivity index (χ3v) is 5.97. The van der Waals surface area contributed by atoms with Gasteiger partial charge in [-0.2, -0.15) is 5.26 Å². The van der Waals surface area contributed by atoms with E-state index in [1.807, 2.05) is 47.4 Å². The predicted octanol–water partition coefficient (Wildman–Crippen LogP) is 3.73. The zero-order valence-electron chi connectivity index (χ0n) is 17.1. The lowest BCUT2D eigenvalue weighted by Gasteiger charge is -2.39. The zero-order chi connectivity index (χ0) is 21.5. The molecule has 1 atom stereocenters. The van der Waals surface area contributed by atoms with Crippen molar-refractivity contribution in [3.8, 4) is 23.3 Å². The van der Waals surface area contributed by atoms with Crippen molar-refractivity contribution in [1.82, 2.24) is 0 Å². The van der Waals surface area contributed by atoms with Crippen LogP contribution in [0.4, 0.5) is 5.69 Å². The van der Waals surface area contributed by atoms with E-state index in [0.29, 0.717) is 41.3 Å². The Labute approximate surface area is 179 Å². The van der Waals surface area contributed by atoms with Gasteiger partial charge < -0.3 is 19.9 Å². The first-order chi connectivity index (χ1) is 15.1. The summed E-state index contributed by atoms with van der Waals surface area (Å²) in [7, 11) is 1.61. The van der Waals surface area contributed by atoms with Crippen LogP contribution in [0.25, 0.3) is 0 Å². The van der Waals surface area contributed by atoms with Gasteiger partial charge in [0.1, 0.15) is 11.6 Å². The van der Waals surface area contributed by atoms with Crippen molar-refractivity contribution in [3.63, 3.8) is 0 Å². The van der Waals surface area contributed by atoms with Crippen molar-refractivity contribution >= 4 is 11.5 Å². The lowest BCUT2D eigenvalue weighted by molar-refractivity contribution is -0.116. The number of carbonyl (C=O) groups excluding carboxylic acids is 1. The number of nitrogens with two attached hydrogens (primary N) is 1. The summed E-state index contributed by atoms with van der Waals surface area (Å²) >= 11 is 0. The molecule has 31 heavy (non-hydrogen) atoms. The predicted molar refractivity (Wildman–Crippen MR) is 113 cm³/mol. The minimum absolute atomic E-state index is 0.0441. The second-order valence-electron chi connectivity index (χ2n) is 7.63. The van der Waals surface area contributed by atoms with Gasteiger partial charge in [-0.05, 0) is 54.8 Å². The lowest BCUT2D eigenvalue weighted by Crippen LogP contribution is -2.38. The molecule has 0 amide bonds. The van der Waals surface area contributed by atoms with Crippen LogP contribution in [-0.4, -0.2) is 19.7 Å². The van der Waals surface area contributed by atoms with Crippen LogP contribution < -0.4 is 24.8 Å². The van der Waals surface area contributed by atoms with E-state index in [-0.39, 0.29) is 12.6 Å². The Morgan fingerprint density at radius 1 is 1.13 bits per heavy atom. The van der Waals surface area contributed by atoms with Crippen molar-refractivity contribution in [2.24, 2.45) is 5.73 Å². The van der Waals surface area contributed by atoms with Gasteiger partial charge in [-0.15, -0.1) is 0 Å². The highest BCUT2D eigenvalue weighted by Gasteiger charge is 2.40. The summed E-state index contributed by atoms with van der Waals surface area (Å²) in [6.45, 7) is 0.157. The smallest absolute Gasteiger partial charge is 0.231 e. The average molecular weight is 415 g/mol. The molecule has 2 aromatic rings. The topological polar surface area (TPSA) is 97.8 Å². The number of carbonyl (C=O) groups is 1. The summed E-state index contributed by atoms with van der Waals surface area (Å²) in [5.74, 6) is 1.83. The quantitative estimate of drug-likeness (QED) is 0.816. The van der Waals surface area contributed by atoms with Gasteiger partial charge in [-0.1, -0.05) is 6.07 Å². The number of anilines is 1. The van der Waals surface area contributed by atoms with Crippen LogP contribution in [0.5, 0.6) is 17.2 Å². The summed E-state index contributed by atoms with van der Waals surface area (Å²) in [4.78, 5) is 15.0. The fraction of sp³-hybridized carbons (Fsp3) is 0.250. The molecular formula is C24H21N3O4. The fourth-order valence-electron chi connectivity index (χ4n) is 4.54. The Kier molecular flexibility index (Phi) is 4.55. The van der Waals surface area contributed by atoms with Crippen molar-refractivity contribution in [2.75, 3.05) is 18.8 Å². The van der Waals surface area contributed by atoms with Gasteiger partial charge in [0.15, 0.2) is 17.3 Å². The van der Waals surface area contributed by atoms with E-state index < -0.39 is 5.92 Å². The van der Waals surface area contributed by atoms with Crippen LogP contribution in [0.2, 0.25) is 0 Å². The molecule has 0 spiro atoms. The summed E-state index contributed by atoms with van der Waals surface area (Å²) < 4.78 is 16.2. The number of nitriles is 1. The molecule has 0 saturated heterocycles. The maximum absolute atomic E-state index is 13.2. The Morgan fingerprint density at radius 2 is 1.90 bits per heavy atom. The molecule has 2 N–H and O–H groups in total. The molecule has 0 unspecified atom stereocenters. The van der Waals surface area contributed by atoms with E-state index >= 15 is 0 Å². The highest BCUT2D eigenvalue weighted by molar-refractivity contribution is 6.01. The molecule has 156 valence electrons. The maximum atomic E-state index is 13.2. The molecule has 7 nitrogen and oxygen atoms in total. The highest BCUT2D eigenvalue weighted by Crippen LogP contribution is 2.47. The number of ether oxygens (including phenoxy) is 3. The number of benzene rings is 2. The Hall–Kier alpha value is -3.92. The van der Waals surface area contributed by atoms with Crippen LogP contribution >= 0.6 is 0 Å². The van der Waals surface area contributed by atoms with Crippen LogP contribution in [0.3, 0.4) is 0 Å². The third kappa shape index (κ3) is 2.99. The number of hydrogen-bond donors (Lipinski definition) is 1. The Morgan fingerprint density at radius 3 is 2.65 bits per heavy atom. The number of fused-ring (bicyclic) bond motifs is 1. The molecule has 0 aromatic heterocycles. The highest BCUT2D eigenvalue weighted by atomic mass is 16.7. The lowest BCUT2D eigenvalue weighted by atomic mass is 9.75. The minimum atomic E-state index is -0.531. The van der Waals surface area contributed by atoms with Gasteiger partial charge in [0, 0.05) is 23.4 Å². The molecule has 0 radical (unpaired) electrons. The molecular weight excluding hydrogens is 394 g/mol. The van der Waals surface area contributed by atoms with Gasteiger partial charge in [0.05, 0.1) is 24.7 Å². The molecule has 0 bridgehead atoms. The SMILES string of the molecule is COc1ccc(N2C(N)=C(C#N)[C@@H](c3ccc4c(c3)OCO4)C3=C2CCCC3=O)cc1. The molecule has 3 aliphatic rings. The summed E-state index contributed by atoms with van der Waals surface area (Å²) in [6.07, 6.45) is 1.90. The van der Waals surface area contributed by atoms with Crippen molar-refractivity contribution in [3.05, 3.63) is 70.7 Å². The van der Waals surface area contributed by atoms with Gasteiger partial charge >= 0.3 is 0 Å². The molecule has 2 aliphatic heterocycles. The average Bonchev–Trinajstić information content (AvgIpc) is 3.26. The van der Waals surface area contributed by atoms with Gasteiger partial charge in [0.2, 0.25) is 6.79 Å². The van der Waals surface area contributed by atoms with E-state index in [2.05, 4.69) is 6.07 Å². The second-order valence-corrected chi connectivity index (χ2v) is 7.63. The summed E-state index contributed by atoms with van der Waals surface area (Å²) in [5, 5.41) is 10.1. The van der Waals surface area contributed by atoms with E-state index in [1.54, 1.807) is 7.11 Å². The Balaban J connectivity index is 1.69. The van der Waals surface area contributed by atoms with E-state index in [9.17, 15) is 10.1 Å². The summed E-state index contributed by atoms with van der Waals surface area (Å²) in [5.41, 5.74) is 9.99. The second kappa shape index (κ2) is 7.40. The van der Waals surface area contributed by atoms with Crippen LogP contribution in [-0.2, 0) is 4.79 Å². The monoisotopic (exact) mass is 415 g/mol. The number of methoxy groups -OCH3 is 1. The zero-order valence-corrected chi connectivity index (χ0v) is 17.1. The Bertz CT molecular complexity index is 1170. The molecule has 7 heteroatoms. The first kappa shape index (κ1) is 19.1. The van der Waals surface area contributed by atoms with Crippen LogP contribution in [0.15, 0.2) is 65.1 Å². The number of rotatable bonds is 3. The minimum Gasteiger partial charge on any atom is -0.497 e. The number of hydrogen-bond acceptors (Lipinski definition) is 7.